The second kappa shape index (κ2) is 7.99. The Balaban J connectivity index is 1.93. The lowest BCUT2D eigenvalue weighted by Crippen LogP contribution is -2.26. The van der Waals surface area contributed by atoms with E-state index in [2.05, 4.69) is 5.32 Å². The fraction of sp³-hybridized carbons (Fsp3) is 0.278. The number of hydrogen-bond donors (Lipinski definition) is 2. The van der Waals surface area contributed by atoms with Gasteiger partial charge in [-0.3, -0.25) is 4.79 Å². The van der Waals surface area contributed by atoms with Crippen molar-refractivity contribution in [3.63, 3.8) is 0 Å². The highest BCUT2D eigenvalue weighted by Crippen LogP contribution is 2.22. The largest absolute Gasteiger partial charge is 0.496 e. The lowest BCUT2D eigenvalue weighted by molar-refractivity contribution is 0.0951. The van der Waals surface area contributed by atoms with Crippen LogP contribution in [0.15, 0.2) is 42.5 Å². The van der Waals surface area contributed by atoms with Crippen LogP contribution in [0.25, 0.3) is 0 Å². The monoisotopic (exact) mass is 333 g/mol. The van der Waals surface area contributed by atoms with Crippen molar-refractivity contribution in [2.45, 2.75) is 19.4 Å². The van der Waals surface area contributed by atoms with Crippen LogP contribution in [-0.4, -0.2) is 24.7 Å². The van der Waals surface area contributed by atoms with Gasteiger partial charge in [-0.15, -0.1) is 0 Å². The first-order chi connectivity index (χ1) is 11.0. The van der Waals surface area contributed by atoms with E-state index in [1.54, 1.807) is 25.1 Å². The summed E-state index contributed by atoms with van der Waals surface area (Å²) in [4.78, 5) is 12.2. The van der Waals surface area contributed by atoms with Gasteiger partial charge >= 0.3 is 0 Å². The summed E-state index contributed by atoms with van der Waals surface area (Å²) >= 11 is 5.93. The molecule has 0 aliphatic heterocycles. The Morgan fingerprint density at radius 2 is 1.96 bits per heavy atom. The van der Waals surface area contributed by atoms with E-state index >= 15 is 0 Å². The number of aliphatic hydroxyl groups is 1. The van der Waals surface area contributed by atoms with Crippen molar-refractivity contribution in [1.82, 2.24) is 5.32 Å². The number of carbonyl (C=O) groups is 1. The SMILES string of the molecule is COc1ccc(Cl)cc1C(=O)NCCc1ccc(C(C)O)cc1. The van der Waals surface area contributed by atoms with Gasteiger partial charge in [-0.25, -0.2) is 0 Å². The summed E-state index contributed by atoms with van der Waals surface area (Å²) in [6.07, 6.45) is 0.230. The van der Waals surface area contributed by atoms with Crippen molar-refractivity contribution in [2.75, 3.05) is 13.7 Å². The normalized spacial score (nSPS) is 11.8. The van der Waals surface area contributed by atoms with Crippen LogP contribution in [0, 0.1) is 0 Å². The number of nitrogens with one attached hydrogen (secondary N) is 1. The summed E-state index contributed by atoms with van der Waals surface area (Å²) in [5.41, 5.74) is 2.39. The van der Waals surface area contributed by atoms with E-state index in [1.165, 1.54) is 7.11 Å². The van der Waals surface area contributed by atoms with Crippen molar-refractivity contribution < 1.29 is 14.6 Å². The predicted molar refractivity (Wildman–Crippen MR) is 91.1 cm³/mol. The minimum absolute atomic E-state index is 0.218. The van der Waals surface area contributed by atoms with Gasteiger partial charge in [0.05, 0.1) is 18.8 Å². The van der Waals surface area contributed by atoms with Gasteiger partial charge in [0.25, 0.3) is 5.91 Å². The first-order valence-corrected chi connectivity index (χ1v) is 7.77. The number of amides is 1. The molecule has 5 heteroatoms. The molecule has 0 fully saturated rings. The van der Waals surface area contributed by atoms with E-state index < -0.39 is 6.10 Å². The summed E-state index contributed by atoms with van der Waals surface area (Å²) < 4.78 is 5.18. The van der Waals surface area contributed by atoms with Crippen molar-refractivity contribution in [3.05, 3.63) is 64.2 Å². The van der Waals surface area contributed by atoms with Gasteiger partial charge in [-0.1, -0.05) is 35.9 Å². The molecule has 0 saturated heterocycles. The highest BCUT2D eigenvalue weighted by atomic mass is 35.5. The van der Waals surface area contributed by atoms with E-state index in [0.717, 1.165) is 11.1 Å². The molecule has 2 aromatic carbocycles. The van der Waals surface area contributed by atoms with Gasteiger partial charge in [0.15, 0.2) is 0 Å². The molecule has 0 heterocycles. The zero-order valence-electron chi connectivity index (χ0n) is 13.2. The Morgan fingerprint density at radius 3 is 2.57 bits per heavy atom. The molecular formula is C18H20ClNO3. The molecule has 0 bridgehead atoms. The van der Waals surface area contributed by atoms with Gasteiger partial charge in [-0.05, 0) is 42.7 Å². The number of ether oxygens (including phenoxy) is 1. The van der Waals surface area contributed by atoms with Gasteiger partial charge in [0.2, 0.25) is 0 Å². The molecule has 0 spiro atoms. The number of rotatable bonds is 6. The zero-order valence-corrected chi connectivity index (χ0v) is 13.9. The quantitative estimate of drug-likeness (QED) is 0.852. The topological polar surface area (TPSA) is 58.6 Å². The third-order valence-electron chi connectivity index (χ3n) is 3.57. The lowest BCUT2D eigenvalue weighted by Gasteiger charge is -2.10. The van der Waals surface area contributed by atoms with Crippen molar-refractivity contribution >= 4 is 17.5 Å². The molecule has 2 N–H and O–H groups in total. The van der Waals surface area contributed by atoms with Crippen LogP contribution in [-0.2, 0) is 6.42 Å². The average molecular weight is 334 g/mol. The highest BCUT2D eigenvalue weighted by Gasteiger charge is 2.12. The van der Waals surface area contributed by atoms with Crippen LogP contribution >= 0.6 is 11.6 Å². The molecule has 0 aliphatic carbocycles. The van der Waals surface area contributed by atoms with Gasteiger partial charge in [0.1, 0.15) is 5.75 Å². The molecule has 1 amide bonds. The number of methoxy groups -OCH3 is 1. The number of hydrogen-bond acceptors (Lipinski definition) is 3. The number of benzene rings is 2. The molecule has 0 radical (unpaired) electrons. The van der Waals surface area contributed by atoms with E-state index in [-0.39, 0.29) is 5.91 Å². The van der Waals surface area contributed by atoms with Crippen LogP contribution in [0.4, 0.5) is 0 Å². The first-order valence-electron chi connectivity index (χ1n) is 7.40. The van der Waals surface area contributed by atoms with Gasteiger partial charge in [-0.2, -0.15) is 0 Å². The van der Waals surface area contributed by atoms with Gasteiger partial charge < -0.3 is 15.2 Å². The minimum atomic E-state index is -0.473. The summed E-state index contributed by atoms with van der Waals surface area (Å²) in [7, 11) is 1.52. The molecule has 0 saturated carbocycles. The summed E-state index contributed by atoms with van der Waals surface area (Å²) in [6.45, 7) is 2.23. The summed E-state index contributed by atoms with van der Waals surface area (Å²) in [5, 5.41) is 12.8. The molecule has 122 valence electrons. The van der Waals surface area contributed by atoms with Crippen LogP contribution < -0.4 is 10.1 Å². The summed E-state index contributed by atoms with van der Waals surface area (Å²) in [5.74, 6) is 0.276. The van der Waals surface area contributed by atoms with Crippen LogP contribution in [0.3, 0.4) is 0 Å². The Labute approximate surface area is 141 Å². The summed E-state index contributed by atoms with van der Waals surface area (Å²) in [6, 6.07) is 12.6. The first kappa shape index (κ1) is 17.3. The van der Waals surface area contributed by atoms with Crippen molar-refractivity contribution in [2.24, 2.45) is 0 Å². The van der Waals surface area contributed by atoms with E-state index in [9.17, 15) is 9.90 Å². The third-order valence-corrected chi connectivity index (χ3v) is 3.80. The smallest absolute Gasteiger partial charge is 0.255 e. The van der Waals surface area contributed by atoms with E-state index in [1.807, 2.05) is 24.3 Å². The maximum Gasteiger partial charge on any atom is 0.255 e. The van der Waals surface area contributed by atoms with Crippen molar-refractivity contribution in [1.29, 1.82) is 0 Å². The Kier molecular flexibility index (Phi) is 6.02. The number of halogens is 1. The van der Waals surface area contributed by atoms with E-state index in [4.69, 9.17) is 16.3 Å². The Hall–Kier alpha value is -2.04. The second-order valence-corrected chi connectivity index (χ2v) is 5.70. The maximum atomic E-state index is 12.2. The van der Waals surface area contributed by atoms with Gasteiger partial charge in [0, 0.05) is 11.6 Å². The maximum absolute atomic E-state index is 12.2. The van der Waals surface area contributed by atoms with E-state index in [0.29, 0.717) is 29.3 Å². The second-order valence-electron chi connectivity index (χ2n) is 5.27. The fourth-order valence-electron chi connectivity index (χ4n) is 2.24. The standard InChI is InChI=1S/C18H20ClNO3/c1-12(21)14-5-3-13(4-6-14)9-10-20-18(22)16-11-15(19)7-8-17(16)23-2/h3-8,11-12,21H,9-10H2,1-2H3,(H,20,22). The fourth-order valence-corrected chi connectivity index (χ4v) is 2.41. The molecular weight excluding hydrogens is 314 g/mol. The third kappa shape index (κ3) is 4.71. The predicted octanol–water partition coefficient (Wildman–Crippen LogP) is 3.37. The zero-order chi connectivity index (χ0) is 16.8. The number of carbonyl (C=O) groups excluding carboxylic acids is 1. The molecule has 0 aromatic heterocycles. The van der Waals surface area contributed by atoms with Crippen LogP contribution in [0.2, 0.25) is 5.02 Å². The lowest BCUT2D eigenvalue weighted by atomic mass is 10.1. The molecule has 1 atom stereocenters. The number of aliphatic hydroxyl groups excluding tert-OH is 1. The minimum Gasteiger partial charge on any atom is -0.496 e. The highest BCUT2D eigenvalue weighted by molar-refractivity contribution is 6.31. The average Bonchev–Trinajstić information content (AvgIpc) is 2.55. The molecule has 0 aliphatic rings. The molecule has 4 nitrogen and oxygen atoms in total. The van der Waals surface area contributed by atoms with Crippen molar-refractivity contribution in [3.8, 4) is 5.75 Å². The van der Waals surface area contributed by atoms with Crippen LogP contribution in [0.5, 0.6) is 5.75 Å². The molecule has 1 unspecified atom stereocenters. The Bertz CT molecular complexity index is 668. The molecule has 2 aromatic rings. The molecule has 2 rings (SSSR count). The van der Waals surface area contributed by atoms with Crippen LogP contribution in [0.1, 0.15) is 34.5 Å². The Morgan fingerprint density at radius 1 is 1.26 bits per heavy atom. The molecule has 23 heavy (non-hydrogen) atoms.